The molecular formula is C26H27F3N6O5. The van der Waals surface area contributed by atoms with Gasteiger partial charge >= 0.3 is 6.03 Å². The van der Waals surface area contributed by atoms with Crippen molar-refractivity contribution in [2.45, 2.75) is 31.4 Å². The molecule has 0 spiro atoms. The quantitative estimate of drug-likeness (QED) is 0.346. The molecule has 0 bridgehead atoms. The minimum Gasteiger partial charge on any atom is -0.382 e. The van der Waals surface area contributed by atoms with Gasteiger partial charge < -0.3 is 30.1 Å². The number of methoxy groups -OCH3 is 1. The fraction of sp³-hybridized carbons (Fsp3) is 0.346. The highest BCUT2D eigenvalue weighted by Gasteiger charge is 2.42. The van der Waals surface area contributed by atoms with Gasteiger partial charge in [0, 0.05) is 18.9 Å². The summed E-state index contributed by atoms with van der Waals surface area (Å²) >= 11 is 0. The van der Waals surface area contributed by atoms with Crippen molar-refractivity contribution in [3.05, 3.63) is 77.1 Å². The molecule has 1 aromatic carbocycles. The van der Waals surface area contributed by atoms with Crippen LogP contribution in [0.1, 0.15) is 46.2 Å². The van der Waals surface area contributed by atoms with E-state index in [9.17, 15) is 27.6 Å². The van der Waals surface area contributed by atoms with Crippen molar-refractivity contribution in [3.63, 3.8) is 0 Å². The van der Waals surface area contributed by atoms with Crippen molar-refractivity contribution in [3.8, 4) is 0 Å². The molecule has 1 aliphatic rings. The van der Waals surface area contributed by atoms with Crippen LogP contribution in [0, 0.1) is 5.82 Å². The maximum Gasteiger partial charge on any atom is 0.318 e. The lowest BCUT2D eigenvalue weighted by Crippen LogP contribution is -2.58. The molecule has 3 heterocycles. The van der Waals surface area contributed by atoms with E-state index in [4.69, 9.17) is 9.26 Å². The summed E-state index contributed by atoms with van der Waals surface area (Å²) in [5, 5.41) is 11.0. The van der Waals surface area contributed by atoms with Gasteiger partial charge in [0.2, 0.25) is 0 Å². The largest absolute Gasteiger partial charge is 0.382 e. The van der Waals surface area contributed by atoms with Crippen LogP contribution in [0.5, 0.6) is 0 Å². The number of hydrogen-bond donors (Lipinski definition) is 3. The Hall–Kier alpha value is -4.46. The van der Waals surface area contributed by atoms with Crippen molar-refractivity contribution in [2.24, 2.45) is 0 Å². The monoisotopic (exact) mass is 560 g/mol. The van der Waals surface area contributed by atoms with Crippen LogP contribution in [0.3, 0.4) is 0 Å². The molecule has 14 heteroatoms. The van der Waals surface area contributed by atoms with Crippen molar-refractivity contribution in [2.75, 3.05) is 32.1 Å². The van der Waals surface area contributed by atoms with E-state index in [0.29, 0.717) is 17.5 Å². The second-order valence-corrected chi connectivity index (χ2v) is 9.08. The molecule has 1 aliphatic heterocycles. The van der Waals surface area contributed by atoms with Crippen LogP contribution in [0.4, 0.5) is 23.8 Å². The Morgan fingerprint density at radius 1 is 1.25 bits per heavy atom. The SMILES string of the molecule is CCc1conc1C(=O)N[C@H](C(=O)Nc1cc([C@@H](COC)N2CC(F)(F)CNC2=O)ccn1)c1cccc(F)c1. The third kappa shape index (κ3) is 6.57. The third-order valence-corrected chi connectivity index (χ3v) is 6.24. The predicted molar refractivity (Wildman–Crippen MR) is 135 cm³/mol. The molecular weight excluding hydrogens is 533 g/mol. The van der Waals surface area contributed by atoms with Gasteiger partial charge in [-0.2, -0.15) is 0 Å². The standard InChI is InChI=1S/C26H27F3N6O5/c1-3-15-11-40-34-22(15)24(37)33-21(17-5-4-6-18(27)9-17)23(36)32-20-10-16(7-8-30-20)19(12-39-2)35-14-26(28,29)13-31-25(35)38/h4-11,19,21H,3,12-14H2,1-2H3,(H,31,38)(H,33,37)(H,30,32,36)/t19-,21+/m1/s1. The maximum atomic E-state index is 14.1. The number of pyridine rings is 1. The number of urea groups is 1. The Kier molecular flexibility index (Phi) is 8.67. The molecule has 0 aliphatic carbocycles. The van der Waals surface area contributed by atoms with E-state index < -0.39 is 54.8 Å². The molecule has 40 heavy (non-hydrogen) atoms. The highest BCUT2D eigenvalue weighted by atomic mass is 19.3. The first kappa shape index (κ1) is 28.5. The molecule has 4 rings (SSSR count). The molecule has 0 saturated carbocycles. The number of ether oxygens (including phenoxy) is 1. The van der Waals surface area contributed by atoms with Gasteiger partial charge in [-0.1, -0.05) is 24.2 Å². The molecule has 11 nitrogen and oxygen atoms in total. The lowest BCUT2D eigenvalue weighted by molar-refractivity contribution is -0.118. The molecule has 3 aromatic rings. The van der Waals surface area contributed by atoms with E-state index in [1.807, 2.05) is 0 Å². The Labute approximate surface area is 227 Å². The maximum absolute atomic E-state index is 14.1. The number of nitrogens with zero attached hydrogens (tertiary/aromatic N) is 3. The topological polar surface area (TPSA) is 139 Å². The summed E-state index contributed by atoms with van der Waals surface area (Å²) in [4.78, 5) is 43.8. The summed E-state index contributed by atoms with van der Waals surface area (Å²) in [6, 6.07) is 5.06. The van der Waals surface area contributed by atoms with Crippen molar-refractivity contribution >= 4 is 23.7 Å². The van der Waals surface area contributed by atoms with E-state index in [-0.39, 0.29) is 23.7 Å². The van der Waals surface area contributed by atoms with Crippen LogP contribution >= 0.6 is 0 Å². The smallest absolute Gasteiger partial charge is 0.318 e. The number of halogens is 3. The second kappa shape index (κ2) is 12.2. The van der Waals surface area contributed by atoms with Gasteiger partial charge in [-0.25, -0.2) is 22.9 Å². The van der Waals surface area contributed by atoms with Crippen LogP contribution in [-0.2, 0) is 16.0 Å². The zero-order valence-corrected chi connectivity index (χ0v) is 21.6. The lowest BCUT2D eigenvalue weighted by Gasteiger charge is -2.38. The average Bonchev–Trinajstić information content (AvgIpc) is 3.41. The minimum atomic E-state index is -3.15. The van der Waals surface area contributed by atoms with Crippen LogP contribution in [-0.4, -0.2) is 65.6 Å². The number of amides is 4. The molecule has 2 atom stereocenters. The van der Waals surface area contributed by atoms with E-state index >= 15 is 0 Å². The Balaban J connectivity index is 1.60. The molecule has 0 unspecified atom stereocenters. The zero-order chi connectivity index (χ0) is 28.9. The summed E-state index contributed by atoms with van der Waals surface area (Å²) in [6.45, 7) is 0.0812. The zero-order valence-electron chi connectivity index (χ0n) is 21.6. The van der Waals surface area contributed by atoms with Crippen LogP contribution in [0.25, 0.3) is 0 Å². The molecule has 0 radical (unpaired) electrons. The van der Waals surface area contributed by atoms with E-state index in [2.05, 4.69) is 26.1 Å². The molecule has 1 fully saturated rings. The van der Waals surface area contributed by atoms with E-state index in [1.54, 1.807) is 6.92 Å². The number of anilines is 1. The van der Waals surface area contributed by atoms with Crippen LogP contribution < -0.4 is 16.0 Å². The summed E-state index contributed by atoms with van der Waals surface area (Å²) in [5.41, 5.74) is 1.01. The van der Waals surface area contributed by atoms with Gasteiger partial charge in [-0.3, -0.25) is 9.59 Å². The number of carbonyl (C=O) groups excluding carboxylic acids is 3. The fourth-order valence-electron chi connectivity index (χ4n) is 4.26. The number of benzene rings is 1. The minimum absolute atomic E-state index is 0.000818. The number of aryl methyl sites for hydroxylation is 1. The summed E-state index contributed by atoms with van der Waals surface area (Å²) in [7, 11) is 1.36. The fourth-order valence-corrected chi connectivity index (χ4v) is 4.26. The Bertz CT molecular complexity index is 1380. The molecule has 212 valence electrons. The van der Waals surface area contributed by atoms with Crippen molar-refractivity contribution in [1.82, 2.24) is 25.7 Å². The van der Waals surface area contributed by atoms with E-state index in [1.165, 1.54) is 49.9 Å². The number of aromatic nitrogens is 2. The highest BCUT2D eigenvalue weighted by Crippen LogP contribution is 2.29. The van der Waals surface area contributed by atoms with Crippen LogP contribution in [0.2, 0.25) is 0 Å². The number of hydrogen-bond acceptors (Lipinski definition) is 7. The van der Waals surface area contributed by atoms with Gasteiger partial charge in [0.25, 0.3) is 17.7 Å². The first-order valence-electron chi connectivity index (χ1n) is 12.3. The summed E-state index contributed by atoms with van der Waals surface area (Å²) in [5.74, 6) is -5.26. The van der Waals surface area contributed by atoms with Crippen molar-refractivity contribution in [1.29, 1.82) is 0 Å². The normalized spacial score (nSPS) is 16.1. The highest BCUT2D eigenvalue weighted by molar-refractivity contribution is 6.01. The molecule has 1 saturated heterocycles. The number of alkyl halides is 2. The summed E-state index contributed by atoms with van der Waals surface area (Å²) < 4.78 is 52.3. The first-order valence-corrected chi connectivity index (χ1v) is 12.3. The number of carbonyl (C=O) groups is 3. The van der Waals surface area contributed by atoms with Gasteiger partial charge in [-0.15, -0.1) is 0 Å². The first-order chi connectivity index (χ1) is 19.1. The number of nitrogens with one attached hydrogen (secondary N) is 3. The Morgan fingerprint density at radius 3 is 2.77 bits per heavy atom. The van der Waals surface area contributed by atoms with Gasteiger partial charge in [0.05, 0.1) is 25.7 Å². The lowest BCUT2D eigenvalue weighted by atomic mass is 10.0. The predicted octanol–water partition coefficient (Wildman–Crippen LogP) is 3.23. The van der Waals surface area contributed by atoms with Crippen LogP contribution in [0.15, 0.2) is 53.4 Å². The molecule has 2 aromatic heterocycles. The van der Waals surface area contributed by atoms with E-state index in [0.717, 1.165) is 11.0 Å². The van der Waals surface area contributed by atoms with Gasteiger partial charge in [0.15, 0.2) is 5.69 Å². The molecule has 3 N–H and O–H groups in total. The second-order valence-electron chi connectivity index (χ2n) is 9.08. The number of rotatable bonds is 10. The van der Waals surface area contributed by atoms with Gasteiger partial charge in [-0.05, 0) is 41.8 Å². The van der Waals surface area contributed by atoms with Gasteiger partial charge in [0.1, 0.15) is 23.9 Å². The third-order valence-electron chi connectivity index (χ3n) is 6.24. The Morgan fingerprint density at radius 2 is 2.05 bits per heavy atom. The summed E-state index contributed by atoms with van der Waals surface area (Å²) in [6.07, 6.45) is 3.09. The average molecular weight is 561 g/mol. The van der Waals surface area contributed by atoms with Crippen molar-refractivity contribution < 1.29 is 36.8 Å². The molecule has 4 amide bonds.